The number of nitrogens with zero attached hydrogens (tertiary/aromatic N) is 1. The first-order chi connectivity index (χ1) is 10.1. The lowest BCUT2D eigenvalue weighted by atomic mass is 10.1. The van der Waals surface area contributed by atoms with Crippen LogP contribution in [-0.2, 0) is 0 Å². The molecule has 0 saturated carbocycles. The summed E-state index contributed by atoms with van der Waals surface area (Å²) in [5.74, 6) is -0.121. The number of halogens is 1. The molecule has 3 nitrogen and oxygen atoms in total. The first-order valence-corrected chi connectivity index (χ1v) is 7.65. The fourth-order valence-electron chi connectivity index (χ4n) is 2.17. The summed E-state index contributed by atoms with van der Waals surface area (Å²) in [5.41, 5.74) is 3.13. The minimum Gasteiger partial charge on any atom is -0.320 e. The Hall–Kier alpha value is -1.95. The smallest absolute Gasteiger partial charge is 0.255 e. The topological polar surface area (TPSA) is 42.0 Å². The fraction of sp³-hybridized carbons (Fsp3) is 0.0588. The third-order valence-electron chi connectivity index (χ3n) is 3.19. The zero-order valence-corrected chi connectivity index (χ0v) is 13.6. The molecule has 0 unspecified atom stereocenters. The van der Waals surface area contributed by atoms with Gasteiger partial charge in [-0.05, 0) is 59.8 Å². The highest BCUT2D eigenvalue weighted by Gasteiger charge is 2.09. The van der Waals surface area contributed by atoms with Crippen molar-refractivity contribution < 1.29 is 4.79 Å². The van der Waals surface area contributed by atoms with E-state index in [4.69, 9.17) is 0 Å². The molecule has 3 aromatic rings. The van der Waals surface area contributed by atoms with Crippen molar-refractivity contribution in [1.29, 1.82) is 0 Å². The molecule has 4 heteroatoms. The molecule has 1 amide bonds. The normalized spacial score (nSPS) is 10.6. The molecule has 2 aromatic carbocycles. The second-order valence-electron chi connectivity index (χ2n) is 4.79. The summed E-state index contributed by atoms with van der Waals surface area (Å²) in [6.45, 7) is 1.94. The number of benzene rings is 2. The van der Waals surface area contributed by atoms with Crippen LogP contribution in [0.1, 0.15) is 16.1 Å². The second kappa shape index (κ2) is 5.81. The van der Waals surface area contributed by atoms with Gasteiger partial charge in [-0.3, -0.25) is 9.78 Å². The van der Waals surface area contributed by atoms with Gasteiger partial charge in [0.05, 0.1) is 11.2 Å². The van der Waals surface area contributed by atoms with Gasteiger partial charge in [0.15, 0.2) is 0 Å². The largest absolute Gasteiger partial charge is 0.320 e. The number of nitrogens with one attached hydrogen (secondary N) is 1. The summed E-state index contributed by atoms with van der Waals surface area (Å²) in [4.78, 5) is 16.9. The van der Waals surface area contributed by atoms with Crippen molar-refractivity contribution in [3.63, 3.8) is 0 Å². The van der Waals surface area contributed by atoms with Crippen molar-refractivity contribution in [2.45, 2.75) is 6.92 Å². The molecule has 0 aliphatic heterocycles. The van der Waals surface area contributed by atoms with Crippen molar-refractivity contribution in [2.75, 3.05) is 5.32 Å². The Bertz CT molecular complexity index is 830. The number of carbonyl (C=O) groups excluding carboxylic acids is 1. The number of amides is 1. The van der Waals surface area contributed by atoms with Gasteiger partial charge in [0.1, 0.15) is 0 Å². The number of aromatic nitrogens is 1. The van der Waals surface area contributed by atoms with E-state index >= 15 is 0 Å². The third-order valence-corrected chi connectivity index (χ3v) is 3.87. The van der Waals surface area contributed by atoms with Crippen LogP contribution in [0.15, 0.2) is 54.6 Å². The molecule has 0 saturated heterocycles. The van der Waals surface area contributed by atoms with Gasteiger partial charge in [0, 0.05) is 20.2 Å². The van der Waals surface area contributed by atoms with Crippen molar-refractivity contribution >= 4 is 45.1 Å². The van der Waals surface area contributed by atoms with Gasteiger partial charge in [-0.1, -0.05) is 24.3 Å². The van der Waals surface area contributed by atoms with Crippen LogP contribution in [0.2, 0.25) is 0 Å². The van der Waals surface area contributed by atoms with Gasteiger partial charge < -0.3 is 5.32 Å². The number of hydrogen-bond acceptors (Lipinski definition) is 2. The van der Waals surface area contributed by atoms with Gasteiger partial charge in [-0.2, -0.15) is 0 Å². The van der Waals surface area contributed by atoms with E-state index in [-0.39, 0.29) is 5.91 Å². The van der Waals surface area contributed by atoms with Crippen LogP contribution < -0.4 is 5.32 Å². The third kappa shape index (κ3) is 3.05. The number of carbonyl (C=O) groups is 1. The van der Waals surface area contributed by atoms with E-state index in [0.29, 0.717) is 5.56 Å². The first-order valence-electron chi connectivity index (χ1n) is 6.57. The molecular formula is C17H13IN2O. The lowest BCUT2D eigenvalue weighted by Gasteiger charge is -2.09. The number of anilines is 1. The van der Waals surface area contributed by atoms with Crippen LogP contribution in [0.5, 0.6) is 0 Å². The van der Waals surface area contributed by atoms with Gasteiger partial charge in [0.25, 0.3) is 5.91 Å². The number of rotatable bonds is 2. The number of pyridine rings is 1. The number of aryl methyl sites for hydroxylation is 1. The molecule has 0 bridgehead atoms. The standard InChI is InChI=1S/C17H13IN2O/c1-11-8-9-12-4-3-7-15(16(12)19-11)20-17(21)13-5-2-6-14(18)10-13/h2-10H,1H3,(H,20,21). The lowest BCUT2D eigenvalue weighted by molar-refractivity contribution is 0.102. The van der Waals surface area contributed by atoms with E-state index in [0.717, 1.165) is 25.9 Å². The maximum atomic E-state index is 12.4. The van der Waals surface area contributed by atoms with E-state index in [1.807, 2.05) is 55.5 Å². The van der Waals surface area contributed by atoms with E-state index < -0.39 is 0 Å². The Labute approximate surface area is 136 Å². The average molecular weight is 388 g/mol. The molecule has 0 spiro atoms. The van der Waals surface area contributed by atoms with Crippen molar-refractivity contribution in [3.05, 3.63) is 69.4 Å². The summed E-state index contributed by atoms with van der Waals surface area (Å²) >= 11 is 2.20. The highest BCUT2D eigenvalue weighted by atomic mass is 127. The highest BCUT2D eigenvalue weighted by Crippen LogP contribution is 2.22. The van der Waals surface area contributed by atoms with Crippen LogP contribution in [-0.4, -0.2) is 10.9 Å². The molecule has 1 N–H and O–H groups in total. The maximum Gasteiger partial charge on any atom is 0.255 e. The molecule has 0 aliphatic rings. The zero-order valence-electron chi connectivity index (χ0n) is 11.4. The van der Waals surface area contributed by atoms with Gasteiger partial charge >= 0.3 is 0 Å². The molecule has 104 valence electrons. The maximum absolute atomic E-state index is 12.4. The average Bonchev–Trinajstić information content (AvgIpc) is 2.48. The monoisotopic (exact) mass is 388 g/mol. The number of fused-ring (bicyclic) bond motifs is 1. The number of para-hydroxylation sites is 1. The molecule has 3 rings (SSSR count). The summed E-state index contributed by atoms with van der Waals surface area (Å²) in [6.07, 6.45) is 0. The molecular weight excluding hydrogens is 375 g/mol. The first kappa shape index (κ1) is 14.0. The van der Waals surface area contributed by atoms with Gasteiger partial charge in [-0.15, -0.1) is 0 Å². The van der Waals surface area contributed by atoms with E-state index in [9.17, 15) is 4.79 Å². The van der Waals surface area contributed by atoms with Crippen molar-refractivity contribution in [1.82, 2.24) is 4.98 Å². The zero-order chi connectivity index (χ0) is 14.8. The van der Waals surface area contributed by atoms with E-state index in [1.165, 1.54) is 0 Å². The molecule has 1 heterocycles. The summed E-state index contributed by atoms with van der Waals surface area (Å²) in [7, 11) is 0. The molecule has 0 aliphatic carbocycles. The van der Waals surface area contributed by atoms with Crippen LogP contribution in [0.4, 0.5) is 5.69 Å². The Morgan fingerprint density at radius 2 is 1.90 bits per heavy atom. The minimum absolute atomic E-state index is 0.121. The minimum atomic E-state index is -0.121. The van der Waals surface area contributed by atoms with E-state index in [1.54, 1.807) is 6.07 Å². The van der Waals surface area contributed by atoms with Crippen molar-refractivity contribution in [3.8, 4) is 0 Å². The quantitative estimate of drug-likeness (QED) is 0.662. The molecule has 0 atom stereocenters. The number of hydrogen-bond donors (Lipinski definition) is 1. The Kier molecular flexibility index (Phi) is 3.88. The predicted octanol–water partition coefficient (Wildman–Crippen LogP) is 4.40. The highest BCUT2D eigenvalue weighted by molar-refractivity contribution is 14.1. The summed E-state index contributed by atoms with van der Waals surface area (Å²) < 4.78 is 1.03. The Morgan fingerprint density at radius 1 is 1.10 bits per heavy atom. The fourth-order valence-corrected chi connectivity index (χ4v) is 2.71. The summed E-state index contributed by atoms with van der Waals surface area (Å²) in [5, 5.41) is 3.97. The SMILES string of the molecule is Cc1ccc2cccc(NC(=O)c3cccc(I)c3)c2n1. The Morgan fingerprint density at radius 3 is 2.71 bits per heavy atom. The lowest BCUT2D eigenvalue weighted by Crippen LogP contribution is -2.12. The second-order valence-corrected chi connectivity index (χ2v) is 6.04. The molecule has 1 aromatic heterocycles. The summed E-state index contributed by atoms with van der Waals surface area (Å²) in [6, 6.07) is 17.3. The van der Waals surface area contributed by atoms with E-state index in [2.05, 4.69) is 32.9 Å². The van der Waals surface area contributed by atoms with Gasteiger partial charge in [-0.25, -0.2) is 0 Å². The Balaban J connectivity index is 1.98. The van der Waals surface area contributed by atoms with Gasteiger partial charge in [0.2, 0.25) is 0 Å². The van der Waals surface area contributed by atoms with Crippen LogP contribution in [0, 0.1) is 10.5 Å². The van der Waals surface area contributed by atoms with Crippen LogP contribution >= 0.6 is 22.6 Å². The molecule has 21 heavy (non-hydrogen) atoms. The molecule has 0 radical (unpaired) electrons. The van der Waals surface area contributed by atoms with Crippen LogP contribution in [0.3, 0.4) is 0 Å². The molecule has 0 fully saturated rings. The van der Waals surface area contributed by atoms with Crippen LogP contribution in [0.25, 0.3) is 10.9 Å². The van der Waals surface area contributed by atoms with Crippen molar-refractivity contribution in [2.24, 2.45) is 0 Å². The predicted molar refractivity (Wildman–Crippen MR) is 93.6 cm³/mol.